The molecule has 1 aromatic rings. The molecule has 0 saturated carbocycles. The average molecular weight is 247 g/mol. The highest BCUT2D eigenvalue weighted by Crippen LogP contribution is 2.13. The predicted octanol–water partition coefficient (Wildman–Crippen LogP) is 0.570. The van der Waals surface area contributed by atoms with Gasteiger partial charge in [-0.2, -0.15) is 0 Å². The molecule has 1 aliphatic rings. The molecule has 1 heterocycles. The van der Waals surface area contributed by atoms with E-state index >= 15 is 0 Å². The van der Waals surface area contributed by atoms with E-state index in [0.717, 1.165) is 32.5 Å². The summed E-state index contributed by atoms with van der Waals surface area (Å²) in [6, 6.07) is 10.6. The minimum absolute atomic E-state index is 0.112. The van der Waals surface area contributed by atoms with E-state index in [0.29, 0.717) is 5.92 Å². The van der Waals surface area contributed by atoms with Crippen molar-refractivity contribution in [1.82, 2.24) is 0 Å². The van der Waals surface area contributed by atoms with Crippen molar-refractivity contribution in [3.05, 3.63) is 35.9 Å². The van der Waals surface area contributed by atoms with Gasteiger partial charge in [0, 0.05) is 24.7 Å². The van der Waals surface area contributed by atoms with Gasteiger partial charge in [-0.05, 0) is 5.56 Å². The second-order valence-corrected chi connectivity index (χ2v) is 5.44. The van der Waals surface area contributed by atoms with Crippen molar-refractivity contribution in [1.29, 1.82) is 0 Å². The first-order valence-corrected chi connectivity index (χ1v) is 6.84. The van der Waals surface area contributed by atoms with Gasteiger partial charge in [0.15, 0.2) is 0 Å². The van der Waals surface area contributed by atoms with Gasteiger partial charge in [0.25, 0.3) is 0 Å². The van der Waals surface area contributed by atoms with Crippen LogP contribution in [0.4, 0.5) is 0 Å². The Bertz CT molecular complexity index is 383. The summed E-state index contributed by atoms with van der Waals surface area (Å²) in [4.78, 5) is 12.7. The normalized spacial score (nSPS) is 25.6. The van der Waals surface area contributed by atoms with Crippen LogP contribution in [0, 0.1) is 5.92 Å². The van der Waals surface area contributed by atoms with Crippen molar-refractivity contribution >= 4 is 5.91 Å². The van der Waals surface area contributed by atoms with E-state index in [2.05, 4.69) is 37.3 Å². The Morgan fingerprint density at radius 3 is 2.50 bits per heavy atom. The smallest absolute Gasteiger partial charge is 0.220 e. The monoisotopic (exact) mass is 247 g/mol. The summed E-state index contributed by atoms with van der Waals surface area (Å²) in [6.07, 6.45) is 1.90. The Kier molecular flexibility index (Phi) is 4.37. The third-order valence-electron chi connectivity index (χ3n) is 4.06. The van der Waals surface area contributed by atoms with Crippen LogP contribution in [0.3, 0.4) is 0 Å². The molecule has 0 radical (unpaired) electrons. The van der Waals surface area contributed by atoms with E-state index < -0.39 is 0 Å². The number of likely N-dealkylation sites (tertiary alicyclic amines) is 1. The number of nitrogens with two attached hydrogens (primary N) is 1. The summed E-state index contributed by atoms with van der Waals surface area (Å²) in [7, 11) is 0. The SMILES string of the molecule is C[C@H](C[NH+]1CCC(C(N)=O)CC1)c1ccccc1. The minimum Gasteiger partial charge on any atom is -0.369 e. The highest BCUT2D eigenvalue weighted by Gasteiger charge is 2.26. The zero-order chi connectivity index (χ0) is 13.0. The lowest BCUT2D eigenvalue weighted by atomic mass is 9.94. The second kappa shape index (κ2) is 6.01. The molecular formula is C15H23N2O+. The topological polar surface area (TPSA) is 47.5 Å². The van der Waals surface area contributed by atoms with Crippen LogP contribution in [-0.4, -0.2) is 25.5 Å². The van der Waals surface area contributed by atoms with Crippen LogP contribution in [0.25, 0.3) is 0 Å². The standard InChI is InChI=1S/C15H22N2O/c1-12(13-5-3-2-4-6-13)11-17-9-7-14(8-10-17)15(16)18/h2-6,12,14H,7-11H2,1H3,(H2,16,18)/p+1/t12-/m1/s1. The number of benzene rings is 1. The van der Waals surface area contributed by atoms with Crippen LogP contribution in [0.15, 0.2) is 30.3 Å². The van der Waals surface area contributed by atoms with Crippen LogP contribution in [-0.2, 0) is 4.79 Å². The quantitative estimate of drug-likeness (QED) is 0.803. The second-order valence-electron chi connectivity index (χ2n) is 5.44. The first-order chi connectivity index (χ1) is 8.66. The highest BCUT2D eigenvalue weighted by atomic mass is 16.1. The largest absolute Gasteiger partial charge is 0.369 e. The predicted molar refractivity (Wildman–Crippen MR) is 72.3 cm³/mol. The molecule has 98 valence electrons. The van der Waals surface area contributed by atoms with Crippen molar-refractivity contribution in [3.63, 3.8) is 0 Å². The first-order valence-electron chi connectivity index (χ1n) is 6.84. The van der Waals surface area contributed by atoms with Crippen LogP contribution in [0.5, 0.6) is 0 Å². The molecule has 3 N–H and O–H groups in total. The number of rotatable bonds is 4. The lowest BCUT2D eigenvalue weighted by Crippen LogP contribution is -3.13. The Balaban J connectivity index is 1.83. The maximum Gasteiger partial charge on any atom is 0.220 e. The molecule has 0 unspecified atom stereocenters. The van der Waals surface area contributed by atoms with Crippen molar-refractivity contribution in [2.75, 3.05) is 19.6 Å². The first kappa shape index (κ1) is 13.1. The third-order valence-corrected chi connectivity index (χ3v) is 4.06. The zero-order valence-electron chi connectivity index (χ0n) is 11.1. The summed E-state index contributed by atoms with van der Waals surface area (Å²) in [6.45, 7) is 5.58. The fraction of sp³-hybridized carbons (Fsp3) is 0.533. The number of nitrogens with one attached hydrogen (secondary N) is 1. The van der Waals surface area contributed by atoms with Gasteiger partial charge in [-0.1, -0.05) is 37.3 Å². The number of carbonyl (C=O) groups excluding carboxylic acids is 1. The van der Waals surface area contributed by atoms with Crippen LogP contribution >= 0.6 is 0 Å². The van der Waals surface area contributed by atoms with E-state index in [1.54, 1.807) is 4.90 Å². The van der Waals surface area contributed by atoms with E-state index in [4.69, 9.17) is 5.73 Å². The fourth-order valence-electron chi connectivity index (χ4n) is 2.85. The molecule has 1 saturated heterocycles. The Hall–Kier alpha value is -1.35. The van der Waals surface area contributed by atoms with Gasteiger partial charge in [-0.3, -0.25) is 4.79 Å². The van der Waals surface area contributed by atoms with Gasteiger partial charge in [-0.25, -0.2) is 0 Å². The van der Waals surface area contributed by atoms with Crippen molar-refractivity contribution in [3.8, 4) is 0 Å². The molecule has 0 aromatic heterocycles. The van der Waals surface area contributed by atoms with E-state index in [1.807, 2.05) is 0 Å². The van der Waals surface area contributed by atoms with Crippen LogP contribution in [0.1, 0.15) is 31.2 Å². The number of piperidine rings is 1. The Labute approximate surface area is 109 Å². The number of carbonyl (C=O) groups is 1. The van der Waals surface area contributed by atoms with Crippen molar-refractivity contribution in [2.24, 2.45) is 11.7 Å². The maximum atomic E-state index is 11.1. The van der Waals surface area contributed by atoms with Crippen LogP contribution in [0.2, 0.25) is 0 Å². The van der Waals surface area contributed by atoms with Crippen LogP contribution < -0.4 is 10.6 Å². The molecule has 2 rings (SSSR count). The molecule has 0 aliphatic carbocycles. The molecule has 1 amide bonds. The third kappa shape index (κ3) is 3.33. The summed E-state index contributed by atoms with van der Waals surface area (Å²) in [5.74, 6) is 0.567. The van der Waals surface area contributed by atoms with Gasteiger partial charge < -0.3 is 10.6 Å². The molecule has 3 nitrogen and oxygen atoms in total. The van der Waals surface area contributed by atoms with E-state index in [9.17, 15) is 4.79 Å². The van der Waals surface area contributed by atoms with Gasteiger partial charge in [0.05, 0.1) is 19.6 Å². The molecule has 1 aliphatic heterocycles. The number of hydrogen-bond donors (Lipinski definition) is 2. The Morgan fingerprint density at radius 2 is 1.94 bits per heavy atom. The van der Waals surface area contributed by atoms with Crippen molar-refractivity contribution < 1.29 is 9.69 Å². The molecule has 0 spiro atoms. The summed E-state index contributed by atoms with van der Waals surface area (Å²) in [5.41, 5.74) is 6.76. The minimum atomic E-state index is -0.120. The zero-order valence-corrected chi connectivity index (χ0v) is 11.1. The average Bonchev–Trinajstić information content (AvgIpc) is 2.40. The van der Waals surface area contributed by atoms with Gasteiger partial charge in [0.2, 0.25) is 5.91 Å². The molecule has 1 fully saturated rings. The molecule has 0 bridgehead atoms. The number of primary amides is 1. The van der Waals surface area contributed by atoms with E-state index in [-0.39, 0.29) is 11.8 Å². The number of amides is 1. The molecule has 18 heavy (non-hydrogen) atoms. The summed E-state index contributed by atoms with van der Waals surface area (Å²) >= 11 is 0. The number of quaternary nitrogens is 1. The fourth-order valence-corrected chi connectivity index (χ4v) is 2.85. The van der Waals surface area contributed by atoms with E-state index in [1.165, 1.54) is 5.56 Å². The Morgan fingerprint density at radius 1 is 1.33 bits per heavy atom. The van der Waals surface area contributed by atoms with Gasteiger partial charge in [0.1, 0.15) is 0 Å². The maximum absolute atomic E-state index is 11.1. The summed E-state index contributed by atoms with van der Waals surface area (Å²) < 4.78 is 0. The highest BCUT2D eigenvalue weighted by molar-refractivity contribution is 5.76. The lowest BCUT2D eigenvalue weighted by molar-refractivity contribution is -0.907. The molecule has 3 heteroatoms. The summed E-state index contributed by atoms with van der Waals surface area (Å²) in [5, 5.41) is 0. The molecular weight excluding hydrogens is 224 g/mol. The van der Waals surface area contributed by atoms with Gasteiger partial charge in [-0.15, -0.1) is 0 Å². The molecule has 1 aromatic carbocycles. The number of hydrogen-bond acceptors (Lipinski definition) is 1. The molecule has 1 atom stereocenters. The van der Waals surface area contributed by atoms with Gasteiger partial charge >= 0.3 is 0 Å². The lowest BCUT2D eigenvalue weighted by Gasteiger charge is -2.29. The van der Waals surface area contributed by atoms with Crippen molar-refractivity contribution in [2.45, 2.75) is 25.7 Å².